The molecule has 1 fully saturated rings. The van der Waals surface area contributed by atoms with Crippen molar-refractivity contribution in [2.24, 2.45) is 5.92 Å². The van der Waals surface area contributed by atoms with E-state index in [0.29, 0.717) is 5.92 Å². The van der Waals surface area contributed by atoms with Gasteiger partial charge in [0.2, 0.25) is 0 Å². The Kier molecular flexibility index (Phi) is 5.06. The van der Waals surface area contributed by atoms with Crippen LogP contribution in [0.4, 0.5) is 0 Å². The van der Waals surface area contributed by atoms with Gasteiger partial charge in [-0.15, -0.1) is 0 Å². The topological polar surface area (TPSA) is 86.2 Å². The summed E-state index contributed by atoms with van der Waals surface area (Å²) in [4.78, 5) is 9.71. The SMILES string of the molecule is Cc1noc(C)c1-c1cnc2c3cc(C(C)(C)O)cnc3n([C@H](C)C3CCOCC3)c2c1. The van der Waals surface area contributed by atoms with Gasteiger partial charge in [0.1, 0.15) is 11.4 Å². The van der Waals surface area contributed by atoms with E-state index >= 15 is 0 Å². The molecule has 7 heteroatoms. The first-order valence-corrected chi connectivity index (χ1v) is 11.3. The molecule has 1 saturated heterocycles. The minimum atomic E-state index is -0.974. The third kappa shape index (κ3) is 3.40. The molecule has 0 bridgehead atoms. The molecule has 1 aliphatic heterocycles. The van der Waals surface area contributed by atoms with E-state index in [0.717, 1.165) is 76.3 Å². The summed E-state index contributed by atoms with van der Waals surface area (Å²) in [6.45, 7) is 11.3. The van der Waals surface area contributed by atoms with Crippen LogP contribution < -0.4 is 0 Å². The smallest absolute Gasteiger partial charge is 0.142 e. The summed E-state index contributed by atoms with van der Waals surface area (Å²) < 4.78 is 13.3. The summed E-state index contributed by atoms with van der Waals surface area (Å²) >= 11 is 0. The highest BCUT2D eigenvalue weighted by Crippen LogP contribution is 2.38. The Labute approximate surface area is 187 Å². The summed E-state index contributed by atoms with van der Waals surface area (Å²) in [5.74, 6) is 1.28. The van der Waals surface area contributed by atoms with E-state index in [1.165, 1.54) is 0 Å². The molecule has 0 aliphatic carbocycles. The van der Waals surface area contributed by atoms with Gasteiger partial charge in [0.05, 0.1) is 22.3 Å². The molecule has 4 aromatic heterocycles. The van der Waals surface area contributed by atoms with Crippen molar-refractivity contribution in [1.82, 2.24) is 19.7 Å². The maximum Gasteiger partial charge on any atom is 0.142 e. The van der Waals surface area contributed by atoms with Crippen LogP contribution in [-0.4, -0.2) is 38.0 Å². The lowest BCUT2D eigenvalue weighted by atomic mass is 9.92. The fraction of sp³-hybridized carbons (Fsp3) is 0.480. The molecular weight excluding hydrogens is 404 g/mol. The number of rotatable bonds is 4. The number of hydrogen-bond acceptors (Lipinski definition) is 6. The number of hydrogen-bond donors (Lipinski definition) is 1. The van der Waals surface area contributed by atoms with Gasteiger partial charge >= 0.3 is 0 Å². The second kappa shape index (κ2) is 7.67. The van der Waals surface area contributed by atoms with Gasteiger partial charge in [-0.25, -0.2) is 4.98 Å². The molecule has 5 heterocycles. The van der Waals surface area contributed by atoms with Crippen LogP contribution in [0.5, 0.6) is 0 Å². The van der Waals surface area contributed by atoms with Crippen LogP contribution in [0, 0.1) is 19.8 Å². The highest BCUT2D eigenvalue weighted by molar-refractivity contribution is 6.05. The van der Waals surface area contributed by atoms with Gasteiger partial charge in [-0.05, 0) is 65.5 Å². The van der Waals surface area contributed by atoms with Crippen molar-refractivity contribution < 1.29 is 14.4 Å². The van der Waals surface area contributed by atoms with Crippen molar-refractivity contribution in [2.45, 2.75) is 59.1 Å². The number of aliphatic hydroxyl groups is 1. The van der Waals surface area contributed by atoms with Gasteiger partial charge in [-0.2, -0.15) is 0 Å². The van der Waals surface area contributed by atoms with E-state index in [9.17, 15) is 5.11 Å². The zero-order valence-corrected chi connectivity index (χ0v) is 19.3. The van der Waals surface area contributed by atoms with E-state index < -0.39 is 5.60 Å². The molecule has 1 N–H and O–H groups in total. The third-order valence-electron chi connectivity index (χ3n) is 6.86. The molecule has 7 nitrogen and oxygen atoms in total. The van der Waals surface area contributed by atoms with Crippen LogP contribution >= 0.6 is 0 Å². The minimum Gasteiger partial charge on any atom is -0.386 e. The fourth-order valence-corrected chi connectivity index (χ4v) is 4.97. The zero-order valence-electron chi connectivity index (χ0n) is 19.3. The highest BCUT2D eigenvalue weighted by atomic mass is 16.5. The van der Waals surface area contributed by atoms with Crippen LogP contribution in [-0.2, 0) is 10.3 Å². The maximum absolute atomic E-state index is 10.6. The summed E-state index contributed by atoms with van der Waals surface area (Å²) in [5.41, 5.74) is 5.46. The molecule has 1 aliphatic rings. The van der Waals surface area contributed by atoms with Gasteiger partial charge in [-0.3, -0.25) is 4.98 Å². The zero-order chi connectivity index (χ0) is 22.6. The Morgan fingerprint density at radius 3 is 2.53 bits per heavy atom. The van der Waals surface area contributed by atoms with Gasteiger partial charge in [0, 0.05) is 53.7 Å². The predicted molar refractivity (Wildman–Crippen MR) is 124 cm³/mol. The monoisotopic (exact) mass is 434 g/mol. The molecule has 0 unspecified atom stereocenters. The fourth-order valence-electron chi connectivity index (χ4n) is 4.97. The molecule has 32 heavy (non-hydrogen) atoms. The Hall–Kier alpha value is -2.77. The van der Waals surface area contributed by atoms with Crippen molar-refractivity contribution >= 4 is 22.1 Å². The highest BCUT2D eigenvalue weighted by Gasteiger charge is 2.27. The van der Waals surface area contributed by atoms with Crippen molar-refractivity contribution in [3.63, 3.8) is 0 Å². The number of ether oxygens (including phenoxy) is 1. The minimum absolute atomic E-state index is 0.237. The lowest BCUT2D eigenvalue weighted by Gasteiger charge is -2.29. The summed E-state index contributed by atoms with van der Waals surface area (Å²) in [7, 11) is 0. The first-order valence-electron chi connectivity index (χ1n) is 11.3. The van der Waals surface area contributed by atoms with Gasteiger partial charge in [-0.1, -0.05) is 5.16 Å². The number of aromatic nitrogens is 4. The molecule has 1 atom stereocenters. The third-order valence-corrected chi connectivity index (χ3v) is 6.86. The van der Waals surface area contributed by atoms with Gasteiger partial charge < -0.3 is 18.9 Å². The van der Waals surface area contributed by atoms with Crippen molar-refractivity contribution in [1.29, 1.82) is 0 Å². The Bertz CT molecular complexity index is 1270. The first kappa shape index (κ1) is 21.1. The largest absolute Gasteiger partial charge is 0.386 e. The molecule has 0 spiro atoms. The van der Waals surface area contributed by atoms with Crippen molar-refractivity contribution in [3.8, 4) is 11.1 Å². The molecule has 5 rings (SSSR count). The predicted octanol–water partition coefficient (Wildman–Crippen LogP) is 5.07. The van der Waals surface area contributed by atoms with Crippen LogP contribution in [0.1, 0.15) is 56.7 Å². The molecular formula is C25H30N4O3. The van der Waals surface area contributed by atoms with E-state index in [4.69, 9.17) is 19.2 Å². The average Bonchev–Trinajstić information content (AvgIpc) is 3.28. The van der Waals surface area contributed by atoms with Crippen LogP contribution in [0.15, 0.2) is 29.0 Å². The summed E-state index contributed by atoms with van der Waals surface area (Å²) in [6, 6.07) is 4.44. The van der Waals surface area contributed by atoms with E-state index in [-0.39, 0.29) is 6.04 Å². The average molecular weight is 435 g/mol. The van der Waals surface area contributed by atoms with Crippen LogP contribution in [0.25, 0.3) is 33.2 Å². The lowest BCUT2D eigenvalue weighted by Crippen LogP contribution is -2.24. The molecule has 0 radical (unpaired) electrons. The number of aryl methyl sites for hydroxylation is 2. The normalized spacial score (nSPS) is 16.8. The van der Waals surface area contributed by atoms with E-state index in [1.807, 2.05) is 26.1 Å². The summed E-state index contributed by atoms with van der Waals surface area (Å²) in [6.07, 6.45) is 5.72. The summed E-state index contributed by atoms with van der Waals surface area (Å²) in [5, 5.41) is 15.7. The lowest BCUT2D eigenvalue weighted by molar-refractivity contribution is 0.0524. The quantitative estimate of drug-likeness (QED) is 0.482. The number of nitrogens with zero attached hydrogens (tertiary/aromatic N) is 4. The van der Waals surface area contributed by atoms with Gasteiger partial charge in [0.15, 0.2) is 0 Å². The second-order valence-electron chi connectivity index (χ2n) is 9.51. The maximum atomic E-state index is 10.6. The molecule has 168 valence electrons. The van der Waals surface area contributed by atoms with Gasteiger partial charge in [0.25, 0.3) is 0 Å². The van der Waals surface area contributed by atoms with E-state index in [1.54, 1.807) is 20.0 Å². The first-order chi connectivity index (χ1) is 15.3. The Morgan fingerprint density at radius 1 is 1.12 bits per heavy atom. The second-order valence-corrected chi connectivity index (χ2v) is 9.51. The number of fused-ring (bicyclic) bond motifs is 3. The molecule has 4 aromatic rings. The molecule has 0 amide bonds. The molecule has 0 saturated carbocycles. The number of pyridine rings is 2. The van der Waals surface area contributed by atoms with Crippen LogP contribution in [0.2, 0.25) is 0 Å². The van der Waals surface area contributed by atoms with Crippen molar-refractivity contribution in [3.05, 3.63) is 41.5 Å². The Balaban J connectivity index is 1.77. The molecule has 0 aromatic carbocycles. The van der Waals surface area contributed by atoms with E-state index in [2.05, 4.69) is 22.7 Å². The Morgan fingerprint density at radius 2 is 1.88 bits per heavy atom. The standard InChI is InChI=1S/C25H30N4O3/c1-14-22(16(3)32-28-14)18-10-21-23(26-12-18)20-11-19(25(4,5)30)13-27-24(20)29(21)15(2)17-6-8-31-9-7-17/h10-13,15,17,30H,6-9H2,1-5H3/t15-/m1/s1. The van der Waals surface area contributed by atoms with Crippen molar-refractivity contribution in [2.75, 3.05) is 13.2 Å². The van der Waals surface area contributed by atoms with Crippen LogP contribution in [0.3, 0.4) is 0 Å².